The van der Waals surface area contributed by atoms with Crippen molar-refractivity contribution in [3.05, 3.63) is 42.5 Å². The number of carbonyl (C=O) groups excluding carboxylic acids is 2. The molecular weight excluding hydrogens is 408 g/mol. The van der Waals surface area contributed by atoms with E-state index in [1.54, 1.807) is 44.6 Å². The third-order valence-electron chi connectivity index (χ3n) is 5.51. The van der Waals surface area contributed by atoms with Gasteiger partial charge in [-0.1, -0.05) is 20.8 Å². The van der Waals surface area contributed by atoms with E-state index in [1.807, 2.05) is 37.8 Å². The number of nitrogens with zero attached hydrogens (tertiary/aromatic N) is 1. The molecule has 0 radical (unpaired) electrons. The highest BCUT2D eigenvalue weighted by molar-refractivity contribution is 5.93. The van der Waals surface area contributed by atoms with Crippen LogP contribution in [0.2, 0.25) is 0 Å². The number of hydrogen-bond acceptors (Lipinski definition) is 5. The fraction of sp³-hybridized carbons (Fsp3) is 0.440. The Labute approximate surface area is 189 Å². The minimum atomic E-state index is -0.404. The van der Waals surface area contributed by atoms with Crippen molar-refractivity contribution < 1.29 is 23.8 Å². The zero-order valence-corrected chi connectivity index (χ0v) is 19.4. The van der Waals surface area contributed by atoms with Crippen LogP contribution >= 0.6 is 0 Å². The number of likely N-dealkylation sites (tertiary alicyclic amines) is 1. The Hall–Kier alpha value is -3.22. The number of piperidine rings is 1. The Morgan fingerprint density at radius 3 is 2.09 bits per heavy atom. The van der Waals surface area contributed by atoms with Crippen LogP contribution in [0, 0.1) is 11.3 Å². The van der Waals surface area contributed by atoms with Crippen molar-refractivity contribution >= 4 is 17.5 Å². The van der Waals surface area contributed by atoms with E-state index < -0.39 is 5.41 Å². The second kappa shape index (κ2) is 9.94. The molecule has 7 nitrogen and oxygen atoms in total. The van der Waals surface area contributed by atoms with Gasteiger partial charge in [0.25, 0.3) is 0 Å². The number of hydrogen-bond donors (Lipinski definition) is 1. The average molecular weight is 441 g/mol. The highest BCUT2D eigenvalue weighted by Gasteiger charge is 2.32. The zero-order valence-electron chi connectivity index (χ0n) is 19.4. The molecule has 1 saturated heterocycles. The largest absolute Gasteiger partial charge is 0.497 e. The van der Waals surface area contributed by atoms with E-state index in [9.17, 15) is 9.59 Å². The number of anilines is 1. The lowest BCUT2D eigenvalue weighted by Gasteiger charge is -2.35. The molecule has 1 aliphatic rings. The minimum absolute atomic E-state index is 0.0478. The summed E-state index contributed by atoms with van der Waals surface area (Å²) in [6.45, 7) is 6.96. The summed E-state index contributed by atoms with van der Waals surface area (Å²) in [5.74, 6) is 2.38. The van der Waals surface area contributed by atoms with Crippen molar-refractivity contribution in [3.8, 4) is 23.0 Å². The normalized spacial score (nSPS) is 14.6. The van der Waals surface area contributed by atoms with E-state index in [4.69, 9.17) is 14.2 Å². The van der Waals surface area contributed by atoms with E-state index in [0.717, 1.165) is 5.75 Å². The van der Waals surface area contributed by atoms with Crippen molar-refractivity contribution in [1.82, 2.24) is 4.90 Å². The summed E-state index contributed by atoms with van der Waals surface area (Å²) in [5, 5.41) is 2.98. The fourth-order valence-corrected chi connectivity index (χ4v) is 3.67. The van der Waals surface area contributed by atoms with Crippen LogP contribution < -0.4 is 19.5 Å². The van der Waals surface area contributed by atoms with Gasteiger partial charge in [0.2, 0.25) is 11.8 Å². The summed E-state index contributed by atoms with van der Waals surface area (Å²) >= 11 is 0. The molecule has 2 amide bonds. The van der Waals surface area contributed by atoms with Crippen LogP contribution in [-0.4, -0.2) is 44.0 Å². The van der Waals surface area contributed by atoms with E-state index in [1.165, 1.54) is 0 Å². The monoisotopic (exact) mass is 440 g/mol. The van der Waals surface area contributed by atoms with Gasteiger partial charge in [0.15, 0.2) is 11.5 Å². The molecule has 1 aliphatic heterocycles. The Kier molecular flexibility index (Phi) is 7.28. The van der Waals surface area contributed by atoms with Gasteiger partial charge >= 0.3 is 0 Å². The maximum absolute atomic E-state index is 12.8. The molecule has 0 bridgehead atoms. The van der Waals surface area contributed by atoms with Gasteiger partial charge in [0.1, 0.15) is 11.5 Å². The molecule has 0 atom stereocenters. The van der Waals surface area contributed by atoms with Crippen LogP contribution in [0.1, 0.15) is 33.6 Å². The molecule has 0 unspecified atom stereocenters. The first-order valence-corrected chi connectivity index (χ1v) is 10.8. The second-order valence-corrected chi connectivity index (χ2v) is 8.95. The molecule has 32 heavy (non-hydrogen) atoms. The summed E-state index contributed by atoms with van der Waals surface area (Å²) in [7, 11) is 3.18. The maximum Gasteiger partial charge on any atom is 0.227 e. The summed E-state index contributed by atoms with van der Waals surface area (Å²) < 4.78 is 16.5. The Balaban J connectivity index is 1.64. The first kappa shape index (κ1) is 23.4. The van der Waals surface area contributed by atoms with Gasteiger partial charge in [-0.05, 0) is 49.2 Å². The molecule has 0 spiro atoms. The van der Waals surface area contributed by atoms with Gasteiger partial charge < -0.3 is 24.4 Å². The third kappa shape index (κ3) is 5.72. The zero-order chi connectivity index (χ0) is 23.3. The standard InChI is InChI=1S/C25H32N2O5/c1-25(2,3)24(29)27-14-12-17(13-15-27)23(28)26-18-6-11-21(31-5)22(16-18)32-20-9-7-19(30-4)8-10-20/h6-11,16-17H,12-15H2,1-5H3,(H,26,28). The molecule has 172 valence electrons. The summed E-state index contributed by atoms with van der Waals surface area (Å²) in [6, 6.07) is 12.5. The van der Waals surface area contributed by atoms with Gasteiger partial charge in [-0.2, -0.15) is 0 Å². The molecule has 0 saturated carbocycles. The summed E-state index contributed by atoms with van der Waals surface area (Å²) in [4.78, 5) is 27.2. The molecule has 1 fully saturated rings. The molecule has 7 heteroatoms. The highest BCUT2D eigenvalue weighted by Crippen LogP contribution is 2.35. The number of rotatable bonds is 6. The minimum Gasteiger partial charge on any atom is -0.497 e. The van der Waals surface area contributed by atoms with Gasteiger partial charge in [0.05, 0.1) is 14.2 Å². The molecule has 2 aromatic rings. The van der Waals surface area contributed by atoms with Crippen LogP contribution in [0.25, 0.3) is 0 Å². The number of methoxy groups -OCH3 is 2. The van der Waals surface area contributed by atoms with Crippen molar-refractivity contribution in [1.29, 1.82) is 0 Å². The van der Waals surface area contributed by atoms with Crippen LogP contribution in [0.15, 0.2) is 42.5 Å². The van der Waals surface area contributed by atoms with Gasteiger partial charge in [0, 0.05) is 36.2 Å². The van der Waals surface area contributed by atoms with Crippen molar-refractivity contribution in [3.63, 3.8) is 0 Å². The van der Waals surface area contributed by atoms with E-state index in [-0.39, 0.29) is 17.7 Å². The van der Waals surface area contributed by atoms with Crippen LogP contribution in [-0.2, 0) is 9.59 Å². The Morgan fingerprint density at radius 2 is 1.53 bits per heavy atom. The molecular formula is C25H32N2O5. The van der Waals surface area contributed by atoms with Crippen LogP contribution in [0.3, 0.4) is 0 Å². The number of amides is 2. The fourth-order valence-electron chi connectivity index (χ4n) is 3.67. The number of benzene rings is 2. The van der Waals surface area contributed by atoms with Gasteiger partial charge in [-0.3, -0.25) is 9.59 Å². The van der Waals surface area contributed by atoms with E-state index >= 15 is 0 Å². The van der Waals surface area contributed by atoms with E-state index in [2.05, 4.69) is 5.32 Å². The lowest BCUT2D eigenvalue weighted by atomic mass is 9.90. The third-order valence-corrected chi connectivity index (χ3v) is 5.51. The topological polar surface area (TPSA) is 77.1 Å². The Bertz CT molecular complexity index is 942. The van der Waals surface area contributed by atoms with Gasteiger partial charge in [-0.25, -0.2) is 0 Å². The molecule has 1 heterocycles. The lowest BCUT2D eigenvalue weighted by molar-refractivity contribution is -0.142. The first-order valence-electron chi connectivity index (χ1n) is 10.8. The molecule has 0 aliphatic carbocycles. The van der Waals surface area contributed by atoms with Crippen LogP contribution in [0.5, 0.6) is 23.0 Å². The predicted molar refractivity (Wildman–Crippen MR) is 123 cm³/mol. The highest BCUT2D eigenvalue weighted by atomic mass is 16.5. The van der Waals surface area contributed by atoms with Crippen LogP contribution in [0.4, 0.5) is 5.69 Å². The van der Waals surface area contributed by atoms with Crippen molar-refractivity contribution in [2.75, 3.05) is 32.6 Å². The summed E-state index contributed by atoms with van der Waals surface area (Å²) in [5.41, 5.74) is 0.228. The predicted octanol–water partition coefficient (Wildman–Crippen LogP) is 4.72. The lowest BCUT2D eigenvalue weighted by Crippen LogP contribution is -2.45. The Morgan fingerprint density at radius 1 is 0.906 bits per heavy atom. The number of carbonyl (C=O) groups is 2. The second-order valence-electron chi connectivity index (χ2n) is 8.95. The van der Waals surface area contributed by atoms with Crippen molar-refractivity contribution in [2.24, 2.45) is 11.3 Å². The first-order chi connectivity index (χ1) is 15.2. The SMILES string of the molecule is COc1ccc(Oc2cc(NC(=O)C3CCN(C(=O)C(C)(C)C)CC3)ccc2OC)cc1. The number of ether oxygens (including phenoxy) is 3. The van der Waals surface area contributed by atoms with Gasteiger partial charge in [-0.15, -0.1) is 0 Å². The average Bonchev–Trinajstić information content (AvgIpc) is 2.79. The number of nitrogens with one attached hydrogen (secondary N) is 1. The molecule has 2 aromatic carbocycles. The molecule has 1 N–H and O–H groups in total. The quantitative estimate of drug-likeness (QED) is 0.703. The maximum atomic E-state index is 12.8. The van der Waals surface area contributed by atoms with E-state index in [0.29, 0.717) is 48.9 Å². The molecule has 0 aromatic heterocycles. The molecule has 3 rings (SSSR count). The van der Waals surface area contributed by atoms with Crippen molar-refractivity contribution in [2.45, 2.75) is 33.6 Å². The summed E-state index contributed by atoms with van der Waals surface area (Å²) in [6.07, 6.45) is 1.30. The smallest absolute Gasteiger partial charge is 0.227 e.